The third-order valence-electron chi connectivity index (χ3n) is 2.81. The highest BCUT2D eigenvalue weighted by atomic mass is 35.5. The zero-order chi connectivity index (χ0) is 12.1. The zero-order valence-corrected chi connectivity index (χ0v) is 11.3. The standard InChI is InChI=1S/C12H20ClN3/c1-5-7-11-14-10(13)8-12(15-11)16(4)9(3)6-2/h8-9H,5-7H2,1-4H3. The Bertz CT molecular complexity index is 341. The van der Waals surface area contributed by atoms with E-state index in [1.165, 1.54) is 0 Å². The summed E-state index contributed by atoms with van der Waals surface area (Å²) >= 11 is 6.00. The Kier molecular flexibility index (Phi) is 5.00. The van der Waals surface area contributed by atoms with Gasteiger partial charge in [0, 0.05) is 25.6 Å². The van der Waals surface area contributed by atoms with E-state index in [1.54, 1.807) is 0 Å². The maximum Gasteiger partial charge on any atom is 0.134 e. The number of nitrogens with zero attached hydrogens (tertiary/aromatic N) is 3. The first-order valence-electron chi connectivity index (χ1n) is 5.84. The lowest BCUT2D eigenvalue weighted by molar-refractivity contribution is 0.653. The number of rotatable bonds is 5. The van der Waals surface area contributed by atoms with Crippen molar-refractivity contribution in [1.29, 1.82) is 0 Å². The van der Waals surface area contributed by atoms with Gasteiger partial charge in [-0.25, -0.2) is 9.97 Å². The van der Waals surface area contributed by atoms with Gasteiger partial charge in [-0.15, -0.1) is 0 Å². The van der Waals surface area contributed by atoms with E-state index in [0.29, 0.717) is 11.2 Å². The lowest BCUT2D eigenvalue weighted by Crippen LogP contribution is -2.29. The van der Waals surface area contributed by atoms with Crippen molar-refractivity contribution in [3.63, 3.8) is 0 Å². The topological polar surface area (TPSA) is 29.0 Å². The van der Waals surface area contributed by atoms with E-state index < -0.39 is 0 Å². The van der Waals surface area contributed by atoms with Crippen LogP contribution in [0, 0.1) is 0 Å². The van der Waals surface area contributed by atoms with Gasteiger partial charge in [-0.3, -0.25) is 0 Å². The van der Waals surface area contributed by atoms with Gasteiger partial charge in [-0.2, -0.15) is 0 Å². The van der Waals surface area contributed by atoms with Crippen LogP contribution in [0.4, 0.5) is 5.82 Å². The van der Waals surface area contributed by atoms with E-state index in [-0.39, 0.29) is 0 Å². The number of halogens is 1. The van der Waals surface area contributed by atoms with Crippen molar-refractivity contribution in [3.05, 3.63) is 17.0 Å². The summed E-state index contributed by atoms with van der Waals surface area (Å²) in [6, 6.07) is 2.29. The van der Waals surface area contributed by atoms with E-state index in [9.17, 15) is 0 Å². The lowest BCUT2D eigenvalue weighted by Gasteiger charge is -2.25. The van der Waals surface area contributed by atoms with Crippen molar-refractivity contribution in [2.75, 3.05) is 11.9 Å². The van der Waals surface area contributed by atoms with Gasteiger partial charge in [-0.05, 0) is 19.8 Å². The number of anilines is 1. The Hall–Kier alpha value is -0.830. The molecule has 1 unspecified atom stereocenters. The van der Waals surface area contributed by atoms with E-state index in [2.05, 4.69) is 35.6 Å². The maximum absolute atomic E-state index is 6.00. The minimum Gasteiger partial charge on any atom is -0.357 e. The van der Waals surface area contributed by atoms with E-state index in [1.807, 2.05) is 13.1 Å². The zero-order valence-electron chi connectivity index (χ0n) is 10.5. The molecule has 1 aromatic rings. The van der Waals surface area contributed by atoms with Crippen LogP contribution < -0.4 is 4.90 Å². The molecule has 0 aliphatic heterocycles. The highest BCUT2D eigenvalue weighted by molar-refractivity contribution is 6.29. The molecule has 0 aromatic carbocycles. The summed E-state index contributed by atoms with van der Waals surface area (Å²) in [5.74, 6) is 1.75. The van der Waals surface area contributed by atoms with Crippen molar-refractivity contribution in [2.24, 2.45) is 0 Å². The molecule has 0 N–H and O–H groups in total. The average Bonchev–Trinajstić information content (AvgIpc) is 2.26. The minimum atomic E-state index is 0.459. The molecule has 0 saturated carbocycles. The van der Waals surface area contributed by atoms with Crippen LogP contribution in [0.5, 0.6) is 0 Å². The fraction of sp³-hybridized carbons (Fsp3) is 0.667. The number of aryl methyl sites for hydroxylation is 1. The van der Waals surface area contributed by atoms with Crippen LogP contribution in [0.15, 0.2) is 6.07 Å². The molecule has 0 fully saturated rings. The molecule has 1 heterocycles. The van der Waals surface area contributed by atoms with Gasteiger partial charge in [0.25, 0.3) is 0 Å². The molecule has 0 bridgehead atoms. The molecule has 90 valence electrons. The number of hydrogen-bond acceptors (Lipinski definition) is 3. The summed E-state index contributed by atoms with van der Waals surface area (Å²) in [6.45, 7) is 6.45. The first-order chi connectivity index (χ1) is 7.58. The molecule has 4 heteroatoms. The average molecular weight is 242 g/mol. The summed E-state index contributed by atoms with van der Waals surface area (Å²) in [7, 11) is 2.04. The molecule has 0 saturated heterocycles. The Morgan fingerprint density at radius 3 is 2.62 bits per heavy atom. The normalized spacial score (nSPS) is 12.6. The summed E-state index contributed by atoms with van der Waals surface area (Å²) in [6.07, 6.45) is 3.00. The lowest BCUT2D eigenvalue weighted by atomic mass is 10.2. The van der Waals surface area contributed by atoms with Crippen LogP contribution in [0.25, 0.3) is 0 Å². The van der Waals surface area contributed by atoms with Gasteiger partial charge in [0.1, 0.15) is 16.8 Å². The number of aromatic nitrogens is 2. The van der Waals surface area contributed by atoms with Gasteiger partial charge in [0.05, 0.1) is 0 Å². The van der Waals surface area contributed by atoms with E-state index in [0.717, 1.165) is 30.9 Å². The molecule has 0 amide bonds. The fourth-order valence-electron chi connectivity index (χ4n) is 1.47. The van der Waals surface area contributed by atoms with Crippen molar-refractivity contribution in [3.8, 4) is 0 Å². The predicted octanol–water partition coefficient (Wildman–Crippen LogP) is 3.32. The van der Waals surface area contributed by atoms with Crippen LogP contribution in [0.3, 0.4) is 0 Å². The first-order valence-corrected chi connectivity index (χ1v) is 6.22. The van der Waals surface area contributed by atoms with Gasteiger partial charge in [0.2, 0.25) is 0 Å². The Balaban J connectivity index is 2.94. The summed E-state index contributed by atoms with van der Waals surface area (Å²) in [4.78, 5) is 10.9. The van der Waals surface area contributed by atoms with Crippen molar-refractivity contribution in [2.45, 2.75) is 46.1 Å². The maximum atomic E-state index is 6.00. The number of hydrogen-bond donors (Lipinski definition) is 0. The highest BCUT2D eigenvalue weighted by Crippen LogP contribution is 2.18. The third kappa shape index (κ3) is 3.34. The molecule has 1 atom stereocenters. The van der Waals surface area contributed by atoms with Crippen molar-refractivity contribution < 1.29 is 0 Å². The summed E-state index contributed by atoms with van der Waals surface area (Å²) in [5, 5.41) is 0.531. The SMILES string of the molecule is CCCc1nc(Cl)cc(N(C)C(C)CC)n1. The molecule has 0 aliphatic rings. The molecule has 1 aromatic heterocycles. The summed E-state index contributed by atoms with van der Waals surface area (Å²) < 4.78 is 0. The summed E-state index contributed by atoms with van der Waals surface area (Å²) in [5.41, 5.74) is 0. The van der Waals surface area contributed by atoms with Gasteiger partial charge >= 0.3 is 0 Å². The van der Waals surface area contributed by atoms with Crippen molar-refractivity contribution in [1.82, 2.24) is 9.97 Å². The smallest absolute Gasteiger partial charge is 0.134 e. The second-order valence-electron chi connectivity index (χ2n) is 4.08. The quantitative estimate of drug-likeness (QED) is 0.741. The van der Waals surface area contributed by atoms with Crippen molar-refractivity contribution >= 4 is 17.4 Å². The minimum absolute atomic E-state index is 0.459. The van der Waals surface area contributed by atoms with Gasteiger partial charge < -0.3 is 4.90 Å². The van der Waals surface area contributed by atoms with Crippen LogP contribution in [0.2, 0.25) is 5.15 Å². The Labute approximate surface area is 103 Å². The second kappa shape index (κ2) is 6.04. The second-order valence-corrected chi connectivity index (χ2v) is 4.47. The Morgan fingerprint density at radius 1 is 1.38 bits per heavy atom. The van der Waals surface area contributed by atoms with Crippen LogP contribution in [-0.2, 0) is 6.42 Å². The van der Waals surface area contributed by atoms with Gasteiger partial charge in [-0.1, -0.05) is 25.4 Å². The monoisotopic (exact) mass is 241 g/mol. The first kappa shape index (κ1) is 13.2. The van der Waals surface area contributed by atoms with Gasteiger partial charge in [0.15, 0.2) is 0 Å². The molecule has 3 nitrogen and oxygen atoms in total. The molecular weight excluding hydrogens is 222 g/mol. The van der Waals surface area contributed by atoms with Crippen LogP contribution in [-0.4, -0.2) is 23.1 Å². The molecule has 0 radical (unpaired) electrons. The highest BCUT2D eigenvalue weighted by Gasteiger charge is 2.11. The molecule has 16 heavy (non-hydrogen) atoms. The molecular formula is C12H20ClN3. The third-order valence-corrected chi connectivity index (χ3v) is 3.01. The molecule has 0 spiro atoms. The molecule has 0 aliphatic carbocycles. The molecule has 1 rings (SSSR count). The van der Waals surface area contributed by atoms with Crippen LogP contribution in [0.1, 0.15) is 39.4 Å². The Morgan fingerprint density at radius 2 is 2.06 bits per heavy atom. The largest absolute Gasteiger partial charge is 0.357 e. The van der Waals surface area contributed by atoms with Crippen LogP contribution >= 0.6 is 11.6 Å². The fourth-order valence-corrected chi connectivity index (χ4v) is 1.66. The van der Waals surface area contributed by atoms with E-state index in [4.69, 9.17) is 11.6 Å². The van der Waals surface area contributed by atoms with E-state index >= 15 is 0 Å². The predicted molar refractivity (Wildman–Crippen MR) is 69.2 cm³/mol.